The van der Waals surface area contributed by atoms with Crippen molar-refractivity contribution in [2.45, 2.75) is 78.6 Å². The van der Waals surface area contributed by atoms with Crippen LogP contribution in [0.5, 0.6) is 5.75 Å². The van der Waals surface area contributed by atoms with E-state index < -0.39 is 53.6 Å². The number of methoxy groups -OCH3 is 1. The lowest BCUT2D eigenvalue weighted by Crippen LogP contribution is -2.60. The third-order valence-corrected chi connectivity index (χ3v) is 4.94. The molecule has 2 unspecified atom stereocenters. The molecule has 0 radical (unpaired) electrons. The molecular weight excluding hydrogens is 454 g/mol. The molecule has 196 valence electrons. The smallest absolute Gasteiger partial charge is 0.408 e. The fourth-order valence-corrected chi connectivity index (χ4v) is 3.39. The van der Waals surface area contributed by atoms with Crippen LogP contribution >= 0.6 is 0 Å². The number of phenolic OH excluding ortho intramolecular Hbond substituents is 1. The number of aromatic hydroxyl groups is 1. The van der Waals surface area contributed by atoms with Gasteiger partial charge in [-0.2, -0.15) is 0 Å². The first-order valence-corrected chi connectivity index (χ1v) is 11.4. The van der Waals surface area contributed by atoms with E-state index in [1.807, 2.05) is 0 Å². The molecule has 1 aromatic rings. The Morgan fingerprint density at radius 1 is 1.03 bits per heavy atom. The lowest BCUT2D eigenvalue weighted by atomic mass is 9.92. The van der Waals surface area contributed by atoms with E-state index in [4.69, 9.17) is 4.74 Å². The van der Waals surface area contributed by atoms with Crippen molar-refractivity contribution < 1.29 is 33.8 Å². The molecule has 0 saturated carbocycles. The number of phenols is 1. The van der Waals surface area contributed by atoms with Crippen LogP contribution in [0.15, 0.2) is 24.3 Å². The molecule has 0 aliphatic heterocycles. The summed E-state index contributed by atoms with van der Waals surface area (Å²) in [6.45, 7) is 13.4. The summed E-state index contributed by atoms with van der Waals surface area (Å²) < 4.78 is 9.92. The van der Waals surface area contributed by atoms with Gasteiger partial charge in [-0.25, -0.2) is 4.79 Å². The van der Waals surface area contributed by atoms with E-state index in [0.29, 0.717) is 0 Å². The minimum absolute atomic E-state index is 0.165. The molecule has 0 aliphatic carbocycles. The van der Waals surface area contributed by atoms with E-state index in [1.54, 1.807) is 67.5 Å². The number of nitrogens with one attached hydrogen (secondary N) is 2. The quantitative estimate of drug-likeness (QED) is 0.474. The van der Waals surface area contributed by atoms with Gasteiger partial charge in [-0.05, 0) is 53.5 Å². The van der Waals surface area contributed by atoms with Crippen LogP contribution in [0.1, 0.15) is 67.0 Å². The molecule has 0 heterocycles. The Kier molecular flexibility index (Phi) is 10.1. The van der Waals surface area contributed by atoms with Gasteiger partial charge in [-0.1, -0.05) is 32.0 Å². The summed E-state index contributed by atoms with van der Waals surface area (Å²) in [5, 5.41) is 15.7. The van der Waals surface area contributed by atoms with E-state index in [1.165, 1.54) is 24.1 Å². The molecule has 0 spiro atoms. The Balaban J connectivity index is 3.55. The molecular formula is C25H39N3O7. The normalized spacial score (nSPS) is 13.4. The van der Waals surface area contributed by atoms with Crippen molar-refractivity contribution in [2.24, 2.45) is 5.92 Å². The van der Waals surface area contributed by atoms with Gasteiger partial charge in [0.05, 0.1) is 7.11 Å². The van der Waals surface area contributed by atoms with Crippen LogP contribution in [-0.2, 0) is 23.9 Å². The second-order valence-electron chi connectivity index (χ2n) is 10.5. The molecule has 3 N–H and O–H groups in total. The summed E-state index contributed by atoms with van der Waals surface area (Å²) in [6.07, 6.45) is -0.771. The number of carbonyl (C=O) groups is 4. The maximum atomic E-state index is 14.0. The maximum Gasteiger partial charge on any atom is 0.408 e. The van der Waals surface area contributed by atoms with Crippen LogP contribution in [-0.4, -0.2) is 64.7 Å². The number of hydrogen-bond acceptors (Lipinski definition) is 7. The zero-order valence-electron chi connectivity index (χ0n) is 22.1. The number of para-hydroxylation sites is 1. The number of amides is 3. The van der Waals surface area contributed by atoms with Crippen molar-refractivity contribution >= 4 is 23.9 Å². The van der Waals surface area contributed by atoms with Gasteiger partial charge in [0.2, 0.25) is 11.8 Å². The predicted octanol–water partition coefficient (Wildman–Crippen LogP) is 2.90. The zero-order valence-corrected chi connectivity index (χ0v) is 22.1. The highest BCUT2D eigenvalue weighted by Crippen LogP contribution is 2.34. The molecule has 1 rings (SSSR count). The van der Waals surface area contributed by atoms with Crippen molar-refractivity contribution in [2.75, 3.05) is 13.7 Å². The number of carbonyl (C=O) groups excluding carboxylic acids is 4. The van der Waals surface area contributed by atoms with Crippen molar-refractivity contribution in [3.63, 3.8) is 0 Å². The number of nitrogens with zero attached hydrogens (tertiary/aromatic N) is 1. The van der Waals surface area contributed by atoms with Gasteiger partial charge in [-0.3, -0.25) is 14.4 Å². The summed E-state index contributed by atoms with van der Waals surface area (Å²) in [5.74, 6) is -2.48. The van der Waals surface area contributed by atoms with Crippen molar-refractivity contribution in [1.29, 1.82) is 0 Å². The van der Waals surface area contributed by atoms with E-state index >= 15 is 0 Å². The second kappa shape index (κ2) is 11.9. The largest absolute Gasteiger partial charge is 0.508 e. The minimum Gasteiger partial charge on any atom is -0.508 e. The number of esters is 1. The summed E-state index contributed by atoms with van der Waals surface area (Å²) in [4.78, 5) is 52.8. The lowest BCUT2D eigenvalue weighted by molar-refractivity contribution is -0.150. The van der Waals surface area contributed by atoms with Gasteiger partial charge in [0.25, 0.3) is 0 Å². The SMILES string of the molecule is COC(=O)CNC(=O)C(c1ccccc1O)N(C(=O)C(NC(=O)OC(C)(C)C)C(C)C)C(C)(C)C. The lowest BCUT2D eigenvalue weighted by Gasteiger charge is -2.43. The molecule has 2 atom stereocenters. The maximum absolute atomic E-state index is 14.0. The topological polar surface area (TPSA) is 134 Å². The first kappa shape index (κ1) is 29.7. The minimum atomic E-state index is -1.31. The van der Waals surface area contributed by atoms with Gasteiger partial charge in [0.1, 0.15) is 30.0 Å². The van der Waals surface area contributed by atoms with Crippen LogP contribution in [0.2, 0.25) is 0 Å². The number of hydrogen-bond donors (Lipinski definition) is 3. The number of alkyl carbamates (subject to hydrolysis) is 1. The number of benzene rings is 1. The molecule has 3 amide bonds. The molecule has 0 bridgehead atoms. The van der Waals surface area contributed by atoms with Crippen molar-refractivity contribution in [3.05, 3.63) is 29.8 Å². The molecule has 35 heavy (non-hydrogen) atoms. The Morgan fingerprint density at radius 3 is 2.06 bits per heavy atom. The molecule has 0 fully saturated rings. The van der Waals surface area contributed by atoms with Crippen LogP contribution < -0.4 is 10.6 Å². The van der Waals surface area contributed by atoms with Gasteiger partial charge in [0.15, 0.2) is 0 Å². The van der Waals surface area contributed by atoms with E-state index in [0.717, 1.165) is 0 Å². The van der Waals surface area contributed by atoms with Crippen molar-refractivity contribution in [3.8, 4) is 5.75 Å². The predicted molar refractivity (Wildman–Crippen MR) is 130 cm³/mol. The van der Waals surface area contributed by atoms with Crippen molar-refractivity contribution in [1.82, 2.24) is 15.5 Å². The first-order chi connectivity index (χ1) is 16.0. The molecule has 10 nitrogen and oxygen atoms in total. The molecule has 0 aromatic heterocycles. The summed E-state index contributed by atoms with van der Waals surface area (Å²) >= 11 is 0. The summed E-state index contributed by atoms with van der Waals surface area (Å²) in [6, 6.07) is 3.79. The molecule has 0 aliphatic rings. The van der Waals surface area contributed by atoms with E-state index in [2.05, 4.69) is 15.4 Å². The molecule has 10 heteroatoms. The summed E-state index contributed by atoms with van der Waals surface area (Å²) in [7, 11) is 1.19. The summed E-state index contributed by atoms with van der Waals surface area (Å²) in [5.41, 5.74) is -1.54. The van der Waals surface area contributed by atoms with Gasteiger partial charge in [-0.15, -0.1) is 0 Å². The van der Waals surface area contributed by atoms with Crippen LogP contribution in [0.25, 0.3) is 0 Å². The van der Waals surface area contributed by atoms with Gasteiger partial charge < -0.3 is 30.1 Å². The van der Waals surface area contributed by atoms with Crippen LogP contribution in [0.3, 0.4) is 0 Å². The van der Waals surface area contributed by atoms with Gasteiger partial charge >= 0.3 is 12.1 Å². The fourth-order valence-electron chi connectivity index (χ4n) is 3.39. The van der Waals surface area contributed by atoms with Crippen LogP contribution in [0, 0.1) is 5.92 Å². The first-order valence-electron chi connectivity index (χ1n) is 11.4. The average Bonchev–Trinajstić information content (AvgIpc) is 2.71. The highest BCUT2D eigenvalue weighted by atomic mass is 16.6. The number of rotatable bonds is 8. The van der Waals surface area contributed by atoms with E-state index in [9.17, 15) is 24.3 Å². The number of ether oxygens (including phenoxy) is 2. The third-order valence-electron chi connectivity index (χ3n) is 4.94. The van der Waals surface area contributed by atoms with Crippen LogP contribution in [0.4, 0.5) is 4.79 Å². The fraction of sp³-hybridized carbons (Fsp3) is 0.600. The highest BCUT2D eigenvalue weighted by molar-refractivity contribution is 5.94. The standard InChI is InChI=1S/C25H39N3O7/c1-15(2)19(27-23(33)35-25(6,7)8)22(32)28(24(3,4)5)20(16-12-10-11-13-17(16)29)21(31)26-14-18(30)34-9/h10-13,15,19-20,29H,14H2,1-9H3,(H,26,31)(H,27,33). The Morgan fingerprint density at radius 2 is 1.60 bits per heavy atom. The van der Waals surface area contributed by atoms with E-state index in [-0.39, 0.29) is 17.2 Å². The Labute approximate surface area is 207 Å². The highest BCUT2D eigenvalue weighted by Gasteiger charge is 2.43. The molecule has 0 saturated heterocycles. The third kappa shape index (κ3) is 8.77. The Hall–Kier alpha value is -3.30. The second-order valence-corrected chi connectivity index (χ2v) is 10.5. The Bertz CT molecular complexity index is 916. The zero-order chi connectivity index (χ0) is 27.1. The van der Waals surface area contributed by atoms with Gasteiger partial charge in [0, 0.05) is 11.1 Å². The molecule has 1 aromatic carbocycles. The average molecular weight is 494 g/mol. The monoisotopic (exact) mass is 493 g/mol.